The van der Waals surface area contributed by atoms with Crippen LogP contribution in [-0.4, -0.2) is 89.2 Å². The van der Waals surface area contributed by atoms with Gasteiger partial charge in [0, 0.05) is 19.3 Å². The molecule has 3 N–H and O–H groups in total. The van der Waals surface area contributed by atoms with Gasteiger partial charge in [0.05, 0.1) is 6.61 Å². The van der Waals surface area contributed by atoms with E-state index in [2.05, 4.69) is 106 Å². The van der Waals surface area contributed by atoms with E-state index in [0.717, 1.165) is 128 Å². The number of carbonyl (C=O) groups excluding carboxylic acids is 3. The number of unbranched alkanes of at least 4 members (excludes halogenated alkanes) is 23. The molecule has 6 atom stereocenters. The van der Waals surface area contributed by atoms with Crippen molar-refractivity contribution < 1.29 is 58.2 Å². The van der Waals surface area contributed by atoms with E-state index >= 15 is 0 Å². The number of rotatable bonds is 51. The zero-order chi connectivity index (χ0) is 56.1. The second-order valence-electron chi connectivity index (χ2n) is 20.6. The summed E-state index contributed by atoms with van der Waals surface area (Å²) >= 11 is 0. The molecule has 0 aromatic carbocycles. The van der Waals surface area contributed by atoms with Crippen molar-refractivity contribution in [3.63, 3.8) is 0 Å². The lowest BCUT2D eigenvalue weighted by Gasteiger charge is -2.40. The predicted octanol–water partition coefficient (Wildman–Crippen LogP) is 15.9. The van der Waals surface area contributed by atoms with Crippen LogP contribution in [0.15, 0.2) is 85.1 Å². The van der Waals surface area contributed by atoms with Crippen LogP contribution >= 0.6 is 0 Å². The van der Waals surface area contributed by atoms with Crippen LogP contribution in [0.5, 0.6) is 0 Å². The van der Waals surface area contributed by atoms with Crippen molar-refractivity contribution in [1.29, 1.82) is 0 Å². The van der Waals surface area contributed by atoms with Gasteiger partial charge in [-0.2, -0.15) is 0 Å². The maximum atomic E-state index is 13.1. The van der Waals surface area contributed by atoms with Crippen molar-refractivity contribution in [1.82, 2.24) is 0 Å². The molecule has 0 bridgehead atoms. The Morgan fingerprint density at radius 1 is 0.442 bits per heavy atom. The molecule has 1 heterocycles. The van der Waals surface area contributed by atoms with Gasteiger partial charge in [0.2, 0.25) is 0 Å². The molecule has 0 saturated carbocycles. The summed E-state index contributed by atoms with van der Waals surface area (Å²) in [7, 11) is 0. The highest BCUT2D eigenvalue weighted by Crippen LogP contribution is 2.26. The summed E-state index contributed by atoms with van der Waals surface area (Å²) in [6.07, 6.45) is 55.5. The number of carbonyl (C=O) groups is 4. The van der Waals surface area contributed by atoms with Crippen LogP contribution in [-0.2, 0) is 42.9 Å². The standard InChI is InChI=1S/C65H108O12/c1-4-7-10-13-16-19-22-25-27-28-29-30-32-34-36-39-42-45-48-51-57(66)73-54-56(75-58(67)52-49-46-43-40-37-33-24-21-18-15-12-9-6-3)55-74-65-63(61(70)60(69)62(77-65)64(71)72)76-59(68)53-50-47-44-41-38-35-31-26-23-20-17-14-11-8-5-2/h7,10,16,19,21,24-27,29-31,34,36,56,60-63,65,69-70H,4-6,8-9,11-15,17-18,20,22-23,28,32-33,35,37-55H2,1-3H3,(H,71,72)/b10-7-,19-16-,24-21-,27-25-,30-29-,31-26-,36-34-. The number of aliphatic carboxylic acids is 1. The fourth-order valence-electron chi connectivity index (χ4n) is 8.74. The van der Waals surface area contributed by atoms with Crippen LogP contribution in [0.3, 0.4) is 0 Å². The van der Waals surface area contributed by atoms with Gasteiger partial charge in [-0.25, -0.2) is 4.79 Å². The van der Waals surface area contributed by atoms with Gasteiger partial charge in [0.25, 0.3) is 0 Å². The maximum Gasteiger partial charge on any atom is 0.335 e. The third-order valence-corrected chi connectivity index (χ3v) is 13.4. The van der Waals surface area contributed by atoms with Crippen LogP contribution in [0.2, 0.25) is 0 Å². The number of ether oxygens (including phenoxy) is 5. The Morgan fingerprint density at radius 2 is 0.818 bits per heavy atom. The average Bonchev–Trinajstić information content (AvgIpc) is 3.42. The number of aliphatic hydroxyl groups excluding tert-OH is 2. The van der Waals surface area contributed by atoms with Gasteiger partial charge < -0.3 is 39.0 Å². The van der Waals surface area contributed by atoms with Crippen LogP contribution in [0.1, 0.15) is 252 Å². The van der Waals surface area contributed by atoms with Crippen molar-refractivity contribution in [3.05, 3.63) is 85.1 Å². The lowest BCUT2D eigenvalue weighted by atomic mass is 9.98. The SMILES string of the molecule is CC/C=C\C/C=C\C/C=C\C/C=C\C/C=C\CCCCCC(=O)OCC(COC1OC(C(=O)O)C(O)C(O)C1OC(=O)CCCCCCC/C=C\CCCCCCCC)OC(=O)CCCCCCC/C=C\CCCCCC. The average molecular weight is 1080 g/mol. The molecule has 12 nitrogen and oxygen atoms in total. The molecule has 1 aliphatic rings. The number of carboxylic acids is 1. The number of hydrogen-bond acceptors (Lipinski definition) is 11. The highest BCUT2D eigenvalue weighted by Gasteiger charge is 2.50. The largest absolute Gasteiger partial charge is 0.479 e. The Bertz CT molecular complexity index is 1660. The van der Waals surface area contributed by atoms with E-state index in [0.29, 0.717) is 19.3 Å². The molecule has 0 aromatic rings. The van der Waals surface area contributed by atoms with Crippen molar-refractivity contribution >= 4 is 23.9 Å². The molecule has 0 amide bonds. The number of aliphatic hydroxyl groups is 2. The molecule has 1 fully saturated rings. The first-order valence-corrected chi connectivity index (χ1v) is 30.6. The first-order valence-electron chi connectivity index (χ1n) is 30.6. The van der Waals surface area contributed by atoms with E-state index < -0.39 is 67.3 Å². The Labute approximate surface area is 467 Å². The monoisotopic (exact) mass is 1080 g/mol. The molecular formula is C65H108O12. The van der Waals surface area contributed by atoms with E-state index in [9.17, 15) is 34.5 Å². The second-order valence-corrected chi connectivity index (χ2v) is 20.6. The van der Waals surface area contributed by atoms with Crippen LogP contribution in [0.25, 0.3) is 0 Å². The number of hydrogen-bond donors (Lipinski definition) is 3. The first kappa shape index (κ1) is 70.9. The summed E-state index contributed by atoms with van der Waals surface area (Å²) < 4.78 is 28.4. The Kier molecular flexibility index (Phi) is 48.4. The lowest BCUT2D eigenvalue weighted by molar-refractivity contribution is -0.301. The smallest absolute Gasteiger partial charge is 0.335 e. The van der Waals surface area contributed by atoms with Crippen molar-refractivity contribution in [2.24, 2.45) is 0 Å². The summed E-state index contributed by atoms with van der Waals surface area (Å²) in [5.41, 5.74) is 0. The molecule has 1 saturated heterocycles. The normalized spacial score (nSPS) is 18.6. The topological polar surface area (TPSA) is 175 Å². The Morgan fingerprint density at radius 3 is 1.29 bits per heavy atom. The third kappa shape index (κ3) is 42.5. The molecular weight excluding hydrogens is 973 g/mol. The highest BCUT2D eigenvalue weighted by molar-refractivity contribution is 5.74. The Hall–Kier alpha value is -4.10. The van der Waals surface area contributed by atoms with Gasteiger partial charge in [-0.1, -0.05) is 202 Å². The van der Waals surface area contributed by atoms with Gasteiger partial charge in [0.1, 0.15) is 18.8 Å². The van der Waals surface area contributed by atoms with Gasteiger partial charge in [-0.15, -0.1) is 0 Å². The Balaban J connectivity index is 2.71. The van der Waals surface area contributed by atoms with Crippen molar-refractivity contribution in [3.8, 4) is 0 Å². The molecule has 0 aliphatic carbocycles. The van der Waals surface area contributed by atoms with Crippen molar-refractivity contribution in [2.75, 3.05) is 13.2 Å². The van der Waals surface area contributed by atoms with E-state index in [-0.39, 0.29) is 25.9 Å². The molecule has 0 radical (unpaired) electrons. The molecule has 0 aromatic heterocycles. The molecule has 12 heteroatoms. The van der Waals surface area contributed by atoms with E-state index in [4.69, 9.17) is 23.7 Å². The predicted molar refractivity (Wildman–Crippen MR) is 312 cm³/mol. The lowest BCUT2D eigenvalue weighted by Crippen LogP contribution is -2.61. The van der Waals surface area contributed by atoms with Gasteiger partial charge in [0.15, 0.2) is 24.6 Å². The number of esters is 3. The van der Waals surface area contributed by atoms with Gasteiger partial charge in [-0.3, -0.25) is 14.4 Å². The minimum absolute atomic E-state index is 0.0440. The molecule has 77 heavy (non-hydrogen) atoms. The number of carboxylic acid groups (broad SMARTS) is 1. The molecule has 1 aliphatic heterocycles. The summed E-state index contributed by atoms with van der Waals surface area (Å²) in [6.45, 7) is 5.82. The third-order valence-electron chi connectivity index (χ3n) is 13.4. The second kappa shape index (κ2) is 52.6. The summed E-state index contributed by atoms with van der Waals surface area (Å²) in [5, 5.41) is 31.5. The van der Waals surface area contributed by atoms with Gasteiger partial charge >= 0.3 is 23.9 Å². The molecule has 6 unspecified atom stereocenters. The summed E-state index contributed by atoms with van der Waals surface area (Å²) in [4.78, 5) is 51.2. The van der Waals surface area contributed by atoms with E-state index in [1.54, 1.807) is 0 Å². The minimum atomic E-state index is -1.91. The fraction of sp³-hybridized carbons (Fsp3) is 0.723. The van der Waals surface area contributed by atoms with Crippen LogP contribution < -0.4 is 0 Å². The van der Waals surface area contributed by atoms with Crippen LogP contribution in [0.4, 0.5) is 0 Å². The molecule has 1 rings (SSSR count). The maximum absolute atomic E-state index is 13.1. The minimum Gasteiger partial charge on any atom is -0.479 e. The van der Waals surface area contributed by atoms with E-state index in [1.807, 2.05) is 0 Å². The zero-order valence-electron chi connectivity index (χ0n) is 48.4. The van der Waals surface area contributed by atoms with E-state index in [1.165, 1.54) is 64.2 Å². The van der Waals surface area contributed by atoms with Crippen molar-refractivity contribution in [2.45, 2.75) is 289 Å². The van der Waals surface area contributed by atoms with Gasteiger partial charge in [-0.05, 0) is 116 Å². The molecule has 440 valence electrons. The highest BCUT2D eigenvalue weighted by atomic mass is 16.7. The van der Waals surface area contributed by atoms with Crippen LogP contribution in [0, 0.1) is 0 Å². The quantitative estimate of drug-likeness (QED) is 0.0228. The molecule has 0 spiro atoms. The zero-order valence-corrected chi connectivity index (χ0v) is 48.4. The summed E-state index contributed by atoms with van der Waals surface area (Å²) in [5.74, 6) is -3.18. The fourth-order valence-corrected chi connectivity index (χ4v) is 8.74. The number of allylic oxidation sites excluding steroid dienone is 14. The summed E-state index contributed by atoms with van der Waals surface area (Å²) in [6, 6.07) is 0. The first-order chi connectivity index (χ1) is 37.6.